The summed E-state index contributed by atoms with van der Waals surface area (Å²) in [4.78, 5) is 15.6. The molecule has 0 spiro atoms. The minimum Gasteiger partial charge on any atom is -0.298 e. The highest BCUT2D eigenvalue weighted by molar-refractivity contribution is 7.14. The van der Waals surface area contributed by atoms with Crippen molar-refractivity contribution in [1.29, 1.82) is 0 Å². The van der Waals surface area contributed by atoms with Crippen LogP contribution in [0, 0.1) is 11.6 Å². The van der Waals surface area contributed by atoms with Crippen LogP contribution in [0.1, 0.15) is 6.92 Å². The molecule has 0 aliphatic carbocycles. The fourth-order valence-corrected chi connectivity index (χ4v) is 2.26. The summed E-state index contributed by atoms with van der Waals surface area (Å²) in [6.45, 7) is 1.84. The molecule has 0 fully saturated rings. The minimum atomic E-state index is -0.562. The molecular formula is C15H12F2N2OS. The number of anilines is 1. The Morgan fingerprint density at radius 2 is 2.14 bits per heavy atom. The number of hydrogen-bond acceptors (Lipinski definition) is 3. The maximum atomic E-state index is 13.6. The van der Waals surface area contributed by atoms with Crippen LogP contribution in [0.5, 0.6) is 0 Å². The van der Waals surface area contributed by atoms with Crippen LogP contribution in [0.2, 0.25) is 0 Å². The predicted octanol–water partition coefficient (Wildman–Crippen LogP) is 4.16. The fraction of sp³-hybridized carbons (Fsp3) is 0.0667. The van der Waals surface area contributed by atoms with Gasteiger partial charge in [0, 0.05) is 17.0 Å². The maximum absolute atomic E-state index is 13.6. The number of nitrogens with zero attached hydrogens (tertiary/aromatic N) is 1. The topological polar surface area (TPSA) is 42.0 Å². The van der Waals surface area contributed by atoms with Gasteiger partial charge < -0.3 is 0 Å². The van der Waals surface area contributed by atoms with E-state index in [1.54, 1.807) is 23.6 Å². The number of halogens is 2. The molecule has 21 heavy (non-hydrogen) atoms. The van der Waals surface area contributed by atoms with Crippen LogP contribution in [0.3, 0.4) is 0 Å². The van der Waals surface area contributed by atoms with Gasteiger partial charge in [0.15, 0.2) is 5.13 Å². The number of carbonyl (C=O) groups excluding carboxylic acids is 1. The Morgan fingerprint density at radius 1 is 1.33 bits per heavy atom. The molecule has 3 nitrogen and oxygen atoms in total. The monoisotopic (exact) mass is 306 g/mol. The second kappa shape index (κ2) is 6.90. The molecule has 0 bridgehead atoms. The van der Waals surface area contributed by atoms with Gasteiger partial charge in [-0.05, 0) is 25.1 Å². The Hall–Kier alpha value is -2.34. The molecule has 0 radical (unpaired) electrons. The molecule has 0 atom stereocenters. The Labute approximate surface area is 124 Å². The van der Waals surface area contributed by atoms with Crippen molar-refractivity contribution in [2.24, 2.45) is 0 Å². The van der Waals surface area contributed by atoms with Gasteiger partial charge in [0.25, 0.3) is 0 Å². The summed E-state index contributed by atoms with van der Waals surface area (Å²) < 4.78 is 26.8. The zero-order chi connectivity index (χ0) is 15.2. The van der Waals surface area contributed by atoms with Crippen molar-refractivity contribution in [1.82, 2.24) is 4.98 Å². The third-order valence-electron chi connectivity index (χ3n) is 2.49. The lowest BCUT2D eigenvalue weighted by Gasteiger charge is -1.99. The Balaban J connectivity index is 2.15. The van der Waals surface area contributed by atoms with Crippen molar-refractivity contribution < 1.29 is 13.6 Å². The average Bonchev–Trinajstić information content (AvgIpc) is 2.90. The molecule has 0 saturated carbocycles. The lowest BCUT2D eigenvalue weighted by molar-refractivity contribution is -0.111. The van der Waals surface area contributed by atoms with E-state index in [4.69, 9.17) is 0 Å². The van der Waals surface area contributed by atoms with Crippen molar-refractivity contribution in [2.45, 2.75) is 6.92 Å². The van der Waals surface area contributed by atoms with Crippen LogP contribution in [-0.2, 0) is 4.79 Å². The van der Waals surface area contributed by atoms with E-state index in [-0.39, 0.29) is 17.2 Å². The number of aromatic nitrogens is 1. The van der Waals surface area contributed by atoms with Gasteiger partial charge in [0.2, 0.25) is 5.91 Å². The number of rotatable bonds is 4. The molecule has 1 heterocycles. The number of carbonyl (C=O) groups is 1. The summed E-state index contributed by atoms with van der Waals surface area (Å²) in [6.07, 6.45) is 6.45. The highest BCUT2D eigenvalue weighted by atomic mass is 32.1. The van der Waals surface area contributed by atoms with Gasteiger partial charge in [-0.3, -0.25) is 10.1 Å². The smallest absolute Gasteiger partial charge is 0.250 e. The van der Waals surface area contributed by atoms with Crippen LogP contribution in [0.15, 0.2) is 47.9 Å². The van der Waals surface area contributed by atoms with E-state index in [1.165, 1.54) is 6.08 Å². The minimum absolute atomic E-state index is 0.0659. The van der Waals surface area contributed by atoms with E-state index in [0.717, 1.165) is 29.5 Å². The summed E-state index contributed by atoms with van der Waals surface area (Å²) in [6, 6.07) is 3.16. The van der Waals surface area contributed by atoms with Gasteiger partial charge in [-0.1, -0.05) is 18.2 Å². The van der Waals surface area contributed by atoms with E-state index in [9.17, 15) is 13.6 Å². The lowest BCUT2D eigenvalue weighted by atomic mass is 10.1. The third kappa shape index (κ3) is 4.06. The Kier molecular flexibility index (Phi) is 4.94. The third-order valence-corrected chi connectivity index (χ3v) is 3.25. The maximum Gasteiger partial charge on any atom is 0.250 e. The molecular weight excluding hydrogens is 294 g/mol. The first-order valence-corrected chi connectivity index (χ1v) is 6.99. The van der Waals surface area contributed by atoms with Crippen LogP contribution in [-0.4, -0.2) is 10.9 Å². The lowest BCUT2D eigenvalue weighted by Crippen LogP contribution is -2.07. The van der Waals surface area contributed by atoms with Crippen LogP contribution < -0.4 is 5.32 Å². The van der Waals surface area contributed by atoms with Gasteiger partial charge in [0.1, 0.15) is 11.6 Å². The SMILES string of the molecule is C/C=C/C=C/C(=O)Nc1nc(-c2cc(F)ccc2F)cs1. The van der Waals surface area contributed by atoms with Crippen LogP contribution in [0.4, 0.5) is 13.9 Å². The summed E-state index contributed by atoms with van der Waals surface area (Å²) >= 11 is 1.14. The normalized spacial score (nSPS) is 11.4. The zero-order valence-corrected chi connectivity index (χ0v) is 12.0. The number of hydrogen-bond donors (Lipinski definition) is 1. The standard InChI is InChI=1S/C15H12F2N2OS/c1-2-3-4-5-14(20)19-15-18-13(9-21-15)11-8-10(16)6-7-12(11)17/h2-9H,1H3,(H,18,19,20)/b3-2+,5-4+. The van der Waals surface area contributed by atoms with Crippen LogP contribution in [0.25, 0.3) is 11.3 Å². The van der Waals surface area contributed by atoms with Gasteiger partial charge >= 0.3 is 0 Å². The molecule has 1 aromatic carbocycles. The second-order valence-corrected chi connectivity index (χ2v) is 4.89. The molecule has 1 aromatic heterocycles. The van der Waals surface area contributed by atoms with Crippen LogP contribution >= 0.6 is 11.3 Å². The summed E-state index contributed by atoms with van der Waals surface area (Å²) in [5.41, 5.74) is 0.348. The summed E-state index contributed by atoms with van der Waals surface area (Å²) in [7, 11) is 0. The molecule has 1 amide bonds. The van der Waals surface area contributed by atoms with Crippen molar-refractivity contribution >= 4 is 22.4 Å². The fourth-order valence-electron chi connectivity index (χ4n) is 1.55. The molecule has 1 N–H and O–H groups in total. The van der Waals surface area contributed by atoms with E-state index in [1.807, 2.05) is 6.92 Å². The van der Waals surface area contributed by atoms with E-state index < -0.39 is 11.6 Å². The first-order valence-electron chi connectivity index (χ1n) is 6.11. The molecule has 0 saturated heterocycles. The average molecular weight is 306 g/mol. The van der Waals surface area contributed by atoms with Crippen molar-refractivity contribution in [3.8, 4) is 11.3 Å². The van der Waals surface area contributed by atoms with Gasteiger partial charge in [-0.15, -0.1) is 11.3 Å². The van der Waals surface area contributed by atoms with Gasteiger partial charge in [0.05, 0.1) is 5.69 Å². The Morgan fingerprint density at radius 3 is 2.90 bits per heavy atom. The molecule has 108 valence electrons. The predicted molar refractivity (Wildman–Crippen MR) is 80.0 cm³/mol. The molecule has 6 heteroatoms. The van der Waals surface area contributed by atoms with E-state index >= 15 is 0 Å². The molecule has 0 unspecified atom stereocenters. The number of amides is 1. The number of nitrogens with one attached hydrogen (secondary N) is 1. The quantitative estimate of drug-likeness (QED) is 0.681. The number of thiazole rings is 1. The highest BCUT2D eigenvalue weighted by Crippen LogP contribution is 2.27. The van der Waals surface area contributed by atoms with E-state index in [2.05, 4.69) is 10.3 Å². The van der Waals surface area contributed by atoms with E-state index in [0.29, 0.717) is 5.13 Å². The second-order valence-electron chi connectivity index (χ2n) is 4.04. The zero-order valence-electron chi connectivity index (χ0n) is 11.1. The first-order chi connectivity index (χ1) is 10.1. The molecule has 2 aromatic rings. The van der Waals surface area contributed by atoms with Crippen molar-refractivity contribution in [3.63, 3.8) is 0 Å². The van der Waals surface area contributed by atoms with Gasteiger partial charge in [-0.25, -0.2) is 13.8 Å². The van der Waals surface area contributed by atoms with Crippen molar-refractivity contribution in [2.75, 3.05) is 5.32 Å². The first kappa shape index (κ1) is 15.1. The highest BCUT2D eigenvalue weighted by Gasteiger charge is 2.11. The molecule has 0 aliphatic rings. The Bertz CT molecular complexity index is 707. The van der Waals surface area contributed by atoms with Crippen molar-refractivity contribution in [3.05, 3.63) is 59.5 Å². The summed E-state index contributed by atoms with van der Waals surface area (Å²) in [5, 5.41) is 4.44. The number of benzene rings is 1. The molecule has 0 aliphatic heterocycles. The summed E-state index contributed by atoms with van der Waals surface area (Å²) in [5.74, 6) is -1.44. The van der Waals surface area contributed by atoms with Gasteiger partial charge in [-0.2, -0.15) is 0 Å². The molecule has 2 rings (SSSR count). The largest absolute Gasteiger partial charge is 0.298 e. The number of allylic oxidation sites excluding steroid dienone is 3.